The van der Waals surface area contributed by atoms with Gasteiger partial charge in [0.05, 0.1) is 25.9 Å². The van der Waals surface area contributed by atoms with Gasteiger partial charge in [0.15, 0.2) is 6.10 Å². The van der Waals surface area contributed by atoms with Crippen LogP contribution in [0.4, 0.5) is 0 Å². The fourth-order valence-electron chi connectivity index (χ4n) is 5.22. The molecule has 0 amide bonds. The van der Waals surface area contributed by atoms with E-state index in [4.69, 9.17) is 23.8 Å². The molecule has 16 heteroatoms. The topological polar surface area (TPSA) is 216 Å². The van der Waals surface area contributed by atoms with E-state index in [0.717, 1.165) is 38.5 Å². The largest absolute Gasteiger partial charge is 0.472 e. The normalized spacial score (nSPS) is 15.2. The predicted octanol–water partition coefficient (Wildman–Crippen LogP) is 9.42. The highest BCUT2D eigenvalue weighted by molar-refractivity contribution is 7.47. The van der Waals surface area contributed by atoms with E-state index in [0.29, 0.717) is 25.7 Å². The molecule has 5 N–H and O–H groups in total. The highest BCUT2D eigenvalue weighted by atomic mass is 31.2. The molecule has 0 saturated carbocycles. The summed E-state index contributed by atoms with van der Waals surface area (Å²) in [7, 11) is -9.70. The van der Waals surface area contributed by atoms with Gasteiger partial charge in [-0.1, -0.05) is 152 Å². The maximum Gasteiger partial charge on any atom is 0.472 e. The van der Waals surface area contributed by atoms with Crippen molar-refractivity contribution >= 4 is 27.6 Å². The number of unbranched alkanes of at least 4 members (excludes halogenated alkanes) is 13. The second kappa shape index (κ2) is 37.8. The molecule has 0 aliphatic carbocycles. The van der Waals surface area contributed by atoms with E-state index in [1.165, 1.54) is 57.8 Å². The van der Waals surface area contributed by atoms with Gasteiger partial charge in [-0.25, -0.2) is 9.13 Å². The van der Waals surface area contributed by atoms with Crippen molar-refractivity contribution in [3.63, 3.8) is 0 Å². The third-order valence-electron chi connectivity index (χ3n) is 8.57. The molecule has 0 aromatic carbocycles. The van der Waals surface area contributed by atoms with Crippen molar-refractivity contribution in [1.82, 2.24) is 0 Å². The summed E-state index contributed by atoms with van der Waals surface area (Å²) in [5.74, 6) is -1.12. The van der Waals surface area contributed by atoms with Crippen molar-refractivity contribution in [2.24, 2.45) is 0 Å². The minimum atomic E-state index is -4.87. The molecule has 336 valence electrons. The second-order valence-electron chi connectivity index (χ2n) is 14.1. The number of carbonyl (C=O) groups excluding carboxylic acids is 2. The Kier molecular flexibility index (Phi) is 36.3. The Balaban J connectivity index is 4.66. The Morgan fingerprint density at radius 1 is 0.569 bits per heavy atom. The number of carbonyl (C=O) groups is 2. The van der Waals surface area contributed by atoms with E-state index in [2.05, 4.69) is 34.2 Å². The number of allylic oxidation sites excluding steroid dienone is 9. The molecule has 0 spiro atoms. The maximum absolute atomic E-state index is 12.6. The van der Waals surface area contributed by atoms with Gasteiger partial charge in [0.25, 0.3) is 0 Å². The number of phosphoric acid groups is 2. The van der Waals surface area contributed by atoms with Crippen LogP contribution < -0.4 is 0 Å². The lowest BCUT2D eigenvalue weighted by atomic mass is 10.0. The lowest BCUT2D eigenvalue weighted by Crippen LogP contribution is -2.29. The second-order valence-corrected chi connectivity index (χ2v) is 16.8. The Hall–Kier alpha value is -2.22. The van der Waals surface area contributed by atoms with Gasteiger partial charge < -0.3 is 34.4 Å². The van der Waals surface area contributed by atoms with Gasteiger partial charge in [0.1, 0.15) is 12.7 Å². The average molecular weight is 865 g/mol. The number of hydrogen-bond donors (Lipinski definition) is 5. The van der Waals surface area contributed by atoms with Gasteiger partial charge in [0.2, 0.25) is 0 Å². The highest BCUT2D eigenvalue weighted by Crippen LogP contribution is 2.43. The summed E-state index contributed by atoms with van der Waals surface area (Å²) < 4.78 is 47.6. The number of esters is 2. The minimum absolute atomic E-state index is 0.0385. The summed E-state index contributed by atoms with van der Waals surface area (Å²) in [6.07, 6.45) is 36.0. The van der Waals surface area contributed by atoms with Gasteiger partial charge in [-0.2, -0.15) is 0 Å². The van der Waals surface area contributed by atoms with Crippen LogP contribution in [-0.2, 0) is 41.8 Å². The van der Waals surface area contributed by atoms with E-state index in [-0.39, 0.29) is 12.8 Å². The highest BCUT2D eigenvalue weighted by Gasteiger charge is 2.28. The van der Waals surface area contributed by atoms with Gasteiger partial charge in [-0.3, -0.25) is 23.2 Å². The van der Waals surface area contributed by atoms with Crippen LogP contribution in [0.1, 0.15) is 149 Å². The fraction of sp³-hybridized carbons (Fsp3) is 0.714. The molecule has 0 bridgehead atoms. The SMILES string of the molecule is CCCCCCCCCCCCCCCC(=O)OC[C@H](COP(=O)(O)OC[C@@H](O)COP(=O)(O)O)OC(=O)CCC/C=C\C/C=C\C/C=C\C/C=C\C=C\[C@H](O)CC. The lowest BCUT2D eigenvalue weighted by molar-refractivity contribution is -0.161. The minimum Gasteiger partial charge on any atom is -0.462 e. The molecule has 0 aliphatic rings. The van der Waals surface area contributed by atoms with Crippen LogP contribution in [0.5, 0.6) is 0 Å². The van der Waals surface area contributed by atoms with Gasteiger partial charge in [0, 0.05) is 12.8 Å². The van der Waals surface area contributed by atoms with E-state index >= 15 is 0 Å². The van der Waals surface area contributed by atoms with Crippen LogP contribution in [0.2, 0.25) is 0 Å². The fourth-order valence-corrected chi connectivity index (χ4v) is 6.37. The molecule has 0 aliphatic heterocycles. The summed E-state index contributed by atoms with van der Waals surface area (Å²) in [5, 5.41) is 19.2. The van der Waals surface area contributed by atoms with Crippen molar-refractivity contribution in [3.8, 4) is 0 Å². The summed E-state index contributed by atoms with van der Waals surface area (Å²) in [4.78, 5) is 52.6. The zero-order valence-electron chi connectivity index (χ0n) is 35.0. The number of aliphatic hydroxyl groups excluding tert-OH is 2. The molecular weight excluding hydrogens is 790 g/mol. The summed E-state index contributed by atoms with van der Waals surface area (Å²) in [6.45, 7) is 1.35. The predicted molar refractivity (Wildman–Crippen MR) is 227 cm³/mol. The summed E-state index contributed by atoms with van der Waals surface area (Å²) in [6, 6.07) is 0. The van der Waals surface area contributed by atoms with Crippen LogP contribution in [0.3, 0.4) is 0 Å². The van der Waals surface area contributed by atoms with Crippen LogP contribution in [0.25, 0.3) is 0 Å². The van der Waals surface area contributed by atoms with Crippen LogP contribution in [0, 0.1) is 0 Å². The van der Waals surface area contributed by atoms with E-state index in [1.54, 1.807) is 6.08 Å². The average Bonchev–Trinajstić information content (AvgIpc) is 3.18. The molecule has 0 saturated heterocycles. The van der Waals surface area contributed by atoms with Crippen LogP contribution >= 0.6 is 15.6 Å². The Labute approximate surface area is 347 Å². The first-order chi connectivity index (χ1) is 27.8. The monoisotopic (exact) mass is 864 g/mol. The van der Waals surface area contributed by atoms with Crippen molar-refractivity contribution < 1.29 is 66.7 Å². The third kappa shape index (κ3) is 40.6. The number of rotatable bonds is 39. The van der Waals surface area contributed by atoms with Crippen molar-refractivity contribution in [2.45, 2.75) is 167 Å². The first-order valence-electron chi connectivity index (χ1n) is 21.1. The molecule has 0 radical (unpaired) electrons. The first kappa shape index (κ1) is 55.8. The molecule has 0 fully saturated rings. The molecular formula is C42H74O14P2. The molecule has 58 heavy (non-hydrogen) atoms. The Morgan fingerprint density at radius 2 is 1.07 bits per heavy atom. The van der Waals surface area contributed by atoms with Crippen molar-refractivity contribution in [2.75, 3.05) is 26.4 Å². The molecule has 1 unspecified atom stereocenters. The lowest BCUT2D eigenvalue weighted by Gasteiger charge is -2.20. The summed E-state index contributed by atoms with van der Waals surface area (Å²) >= 11 is 0. The number of aliphatic hydroxyl groups is 2. The molecule has 0 aromatic rings. The van der Waals surface area contributed by atoms with E-state index in [1.807, 2.05) is 43.4 Å². The smallest absolute Gasteiger partial charge is 0.462 e. The Morgan fingerprint density at radius 3 is 1.64 bits per heavy atom. The molecule has 0 aromatic heterocycles. The molecule has 14 nitrogen and oxygen atoms in total. The molecule has 0 rings (SSSR count). The quantitative estimate of drug-likeness (QED) is 0.0128. The van der Waals surface area contributed by atoms with Crippen LogP contribution in [-0.4, -0.2) is 81.6 Å². The Bertz CT molecular complexity index is 1280. The molecule has 0 heterocycles. The van der Waals surface area contributed by atoms with Crippen molar-refractivity contribution in [3.05, 3.63) is 60.8 Å². The zero-order valence-corrected chi connectivity index (χ0v) is 36.8. The number of ether oxygens (including phenoxy) is 2. The van der Waals surface area contributed by atoms with Crippen molar-refractivity contribution in [1.29, 1.82) is 0 Å². The summed E-state index contributed by atoms with van der Waals surface area (Å²) in [5.41, 5.74) is 0. The molecule has 4 atom stereocenters. The number of phosphoric ester groups is 2. The van der Waals surface area contributed by atoms with E-state index < -0.39 is 72.3 Å². The van der Waals surface area contributed by atoms with Gasteiger partial charge >= 0.3 is 27.6 Å². The number of hydrogen-bond acceptors (Lipinski definition) is 11. The third-order valence-corrected chi connectivity index (χ3v) is 10.0. The van der Waals surface area contributed by atoms with Crippen LogP contribution in [0.15, 0.2) is 60.8 Å². The van der Waals surface area contributed by atoms with E-state index in [9.17, 15) is 33.8 Å². The zero-order chi connectivity index (χ0) is 43.2. The maximum atomic E-state index is 12.6. The van der Waals surface area contributed by atoms with Gasteiger partial charge in [-0.05, 0) is 44.9 Å². The van der Waals surface area contributed by atoms with Gasteiger partial charge in [-0.15, -0.1) is 0 Å². The standard InChI is InChI=1S/C42H74O14P2/c1-3-5-6-7-8-9-10-13-17-20-23-26-29-32-41(45)52-36-40(37-55-58(50,51)54-35-39(44)34-53-57(47,48)49)56-42(46)33-30-27-24-21-18-15-12-11-14-16-19-22-25-28-31-38(43)4-2/h12,14-16,21-22,24-25,28,31,38-40,43-44H,3-11,13,17-20,23,26-27,29-30,32-37H2,1-2H3,(H,50,51)(H2,47,48,49)/b15-12-,16-14-,24-21-,25-22-,31-28+/t38-,39+,40-/m1/s1. The first-order valence-corrected chi connectivity index (χ1v) is 24.1.